The van der Waals surface area contributed by atoms with Gasteiger partial charge in [-0.3, -0.25) is 9.48 Å². The van der Waals surface area contributed by atoms with Crippen LogP contribution >= 0.6 is 11.3 Å². The van der Waals surface area contributed by atoms with Gasteiger partial charge in [-0.15, -0.1) is 11.3 Å². The van der Waals surface area contributed by atoms with Crippen molar-refractivity contribution in [3.63, 3.8) is 0 Å². The first-order chi connectivity index (χ1) is 13.5. The van der Waals surface area contributed by atoms with Crippen molar-refractivity contribution in [1.82, 2.24) is 14.7 Å². The molecule has 2 aromatic heterocycles. The minimum Gasteiger partial charge on any atom is -0.334 e. The predicted molar refractivity (Wildman–Crippen MR) is 114 cm³/mol. The Morgan fingerprint density at radius 3 is 2.75 bits per heavy atom. The molecule has 1 amide bonds. The van der Waals surface area contributed by atoms with Gasteiger partial charge in [0.1, 0.15) is 0 Å². The molecule has 0 bridgehead atoms. The van der Waals surface area contributed by atoms with Crippen LogP contribution in [-0.2, 0) is 24.3 Å². The molecule has 0 N–H and O–H groups in total. The molecule has 0 aliphatic carbocycles. The van der Waals surface area contributed by atoms with E-state index < -0.39 is 0 Å². The van der Waals surface area contributed by atoms with Crippen LogP contribution in [-0.4, -0.2) is 27.1 Å². The smallest absolute Gasteiger partial charge is 0.246 e. The number of carbonyl (C=O) groups excluding carboxylic acids is 1. The van der Waals surface area contributed by atoms with E-state index in [4.69, 9.17) is 0 Å². The number of aryl methyl sites for hydroxylation is 2. The van der Waals surface area contributed by atoms with E-state index in [1.807, 2.05) is 22.6 Å². The maximum Gasteiger partial charge on any atom is 0.246 e. The molecule has 0 fully saturated rings. The van der Waals surface area contributed by atoms with Crippen molar-refractivity contribution in [1.29, 1.82) is 0 Å². The van der Waals surface area contributed by atoms with Crippen LogP contribution in [0, 0.1) is 20.8 Å². The zero-order valence-electron chi connectivity index (χ0n) is 16.6. The largest absolute Gasteiger partial charge is 0.334 e. The fraction of sp³-hybridized carbons (Fsp3) is 0.304. The second-order valence-corrected chi connectivity index (χ2v) is 8.44. The average molecular weight is 392 g/mol. The molecule has 0 spiro atoms. The van der Waals surface area contributed by atoms with E-state index >= 15 is 0 Å². The van der Waals surface area contributed by atoms with Crippen LogP contribution < -0.4 is 0 Å². The fourth-order valence-electron chi connectivity index (χ4n) is 3.67. The van der Waals surface area contributed by atoms with Crippen molar-refractivity contribution in [3.8, 4) is 0 Å². The summed E-state index contributed by atoms with van der Waals surface area (Å²) in [6.45, 7) is 8.41. The van der Waals surface area contributed by atoms with Gasteiger partial charge in [-0.1, -0.05) is 29.8 Å². The average Bonchev–Trinajstić information content (AvgIpc) is 3.26. The number of hydrogen-bond acceptors (Lipinski definition) is 3. The van der Waals surface area contributed by atoms with E-state index in [-0.39, 0.29) is 5.91 Å². The maximum absolute atomic E-state index is 12.7. The van der Waals surface area contributed by atoms with Gasteiger partial charge in [0.2, 0.25) is 5.91 Å². The van der Waals surface area contributed by atoms with Gasteiger partial charge in [0.05, 0.1) is 12.2 Å². The maximum atomic E-state index is 12.7. The van der Waals surface area contributed by atoms with Crippen molar-refractivity contribution in [3.05, 3.63) is 80.3 Å². The molecule has 4 rings (SSSR count). The Morgan fingerprint density at radius 2 is 1.96 bits per heavy atom. The second kappa shape index (κ2) is 7.76. The van der Waals surface area contributed by atoms with Crippen molar-refractivity contribution < 1.29 is 4.79 Å². The third-order valence-corrected chi connectivity index (χ3v) is 6.43. The van der Waals surface area contributed by atoms with Crippen molar-refractivity contribution >= 4 is 23.3 Å². The van der Waals surface area contributed by atoms with Gasteiger partial charge in [0, 0.05) is 35.3 Å². The number of hydrogen-bond donors (Lipinski definition) is 0. The van der Waals surface area contributed by atoms with Gasteiger partial charge in [0.15, 0.2) is 0 Å². The van der Waals surface area contributed by atoms with E-state index in [1.54, 1.807) is 17.4 Å². The minimum atomic E-state index is 0.0712. The lowest BCUT2D eigenvalue weighted by Crippen LogP contribution is -2.34. The van der Waals surface area contributed by atoms with E-state index in [0.717, 1.165) is 36.5 Å². The zero-order valence-corrected chi connectivity index (χ0v) is 17.4. The molecule has 0 radical (unpaired) electrons. The third kappa shape index (κ3) is 3.80. The predicted octanol–water partition coefficient (Wildman–Crippen LogP) is 4.52. The minimum absolute atomic E-state index is 0.0712. The molecule has 0 atom stereocenters. The van der Waals surface area contributed by atoms with Crippen LogP contribution in [0.2, 0.25) is 0 Å². The number of carbonyl (C=O) groups is 1. The molecule has 0 saturated heterocycles. The van der Waals surface area contributed by atoms with Crippen LogP contribution in [0.4, 0.5) is 0 Å². The summed E-state index contributed by atoms with van der Waals surface area (Å²) in [6, 6.07) is 10.7. The Morgan fingerprint density at radius 1 is 1.18 bits per heavy atom. The number of nitrogens with zero attached hydrogens (tertiary/aromatic N) is 3. The van der Waals surface area contributed by atoms with Crippen molar-refractivity contribution in [2.45, 2.75) is 40.3 Å². The summed E-state index contributed by atoms with van der Waals surface area (Å²) in [6.07, 6.45) is 4.58. The lowest BCUT2D eigenvalue weighted by Gasteiger charge is -2.25. The molecule has 5 heteroatoms. The van der Waals surface area contributed by atoms with E-state index in [2.05, 4.69) is 54.7 Å². The number of fused-ring (bicyclic) bond motifs is 1. The molecule has 144 valence electrons. The van der Waals surface area contributed by atoms with Crippen LogP contribution in [0.5, 0.6) is 0 Å². The highest BCUT2D eigenvalue weighted by Gasteiger charge is 2.20. The third-order valence-electron chi connectivity index (χ3n) is 5.40. The van der Waals surface area contributed by atoms with Crippen LogP contribution in [0.15, 0.2) is 41.8 Å². The lowest BCUT2D eigenvalue weighted by molar-refractivity contribution is -0.126. The van der Waals surface area contributed by atoms with Gasteiger partial charge in [-0.05, 0) is 55.8 Å². The summed E-state index contributed by atoms with van der Waals surface area (Å²) >= 11 is 1.79. The van der Waals surface area contributed by atoms with E-state index in [1.165, 1.54) is 21.6 Å². The number of thiophene rings is 1. The first-order valence-corrected chi connectivity index (χ1v) is 10.5. The molecule has 0 saturated carbocycles. The highest BCUT2D eigenvalue weighted by molar-refractivity contribution is 7.10. The number of benzene rings is 1. The first-order valence-electron chi connectivity index (χ1n) is 9.63. The Kier molecular flexibility index (Phi) is 5.18. The number of amides is 1. The highest BCUT2D eigenvalue weighted by atomic mass is 32.1. The summed E-state index contributed by atoms with van der Waals surface area (Å²) in [5, 5.41) is 6.80. The molecule has 1 aromatic carbocycles. The highest BCUT2D eigenvalue weighted by Crippen LogP contribution is 2.24. The Balaban J connectivity index is 1.48. The molecule has 3 aromatic rings. The normalized spacial score (nSPS) is 13.9. The molecule has 3 heterocycles. The van der Waals surface area contributed by atoms with Crippen molar-refractivity contribution in [2.24, 2.45) is 0 Å². The van der Waals surface area contributed by atoms with E-state index in [0.29, 0.717) is 6.54 Å². The Hall–Kier alpha value is -2.66. The lowest BCUT2D eigenvalue weighted by atomic mass is 10.1. The number of aromatic nitrogens is 2. The molecule has 0 unspecified atom stereocenters. The quantitative estimate of drug-likeness (QED) is 0.614. The summed E-state index contributed by atoms with van der Waals surface area (Å²) in [7, 11) is 0. The Labute approximate surface area is 170 Å². The summed E-state index contributed by atoms with van der Waals surface area (Å²) in [5.41, 5.74) is 6.84. The monoisotopic (exact) mass is 391 g/mol. The second-order valence-electron chi connectivity index (χ2n) is 7.44. The summed E-state index contributed by atoms with van der Waals surface area (Å²) in [5.74, 6) is 0.0712. The van der Waals surface area contributed by atoms with Gasteiger partial charge in [0.25, 0.3) is 0 Å². The van der Waals surface area contributed by atoms with Crippen molar-refractivity contribution in [2.75, 3.05) is 6.54 Å². The number of rotatable bonds is 4. The first kappa shape index (κ1) is 18.7. The topological polar surface area (TPSA) is 38.1 Å². The van der Waals surface area contributed by atoms with Crippen LogP contribution in [0.1, 0.15) is 38.5 Å². The Bertz CT molecular complexity index is 1030. The zero-order chi connectivity index (χ0) is 19.7. The summed E-state index contributed by atoms with van der Waals surface area (Å²) < 4.78 is 2.02. The SMILES string of the molecule is Cc1ccc(Cn2nc(C)c(C=CC(=O)N3CCc4sccc4C3)c2C)cc1. The van der Waals surface area contributed by atoms with Gasteiger partial charge >= 0.3 is 0 Å². The van der Waals surface area contributed by atoms with Gasteiger partial charge < -0.3 is 4.90 Å². The van der Waals surface area contributed by atoms with Gasteiger partial charge in [-0.25, -0.2) is 0 Å². The molecule has 1 aliphatic rings. The van der Waals surface area contributed by atoms with Crippen LogP contribution in [0.25, 0.3) is 6.08 Å². The van der Waals surface area contributed by atoms with E-state index in [9.17, 15) is 4.79 Å². The molecule has 4 nitrogen and oxygen atoms in total. The molecule has 1 aliphatic heterocycles. The van der Waals surface area contributed by atoms with Gasteiger partial charge in [-0.2, -0.15) is 5.10 Å². The van der Waals surface area contributed by atoms with Crippen LogP contribution in [0.3, 0.4) is 0 Å². The fourth-order valence-corrected chi connectivity index (χ4v) is 4.56. The molecular formula is C23H25N3OS. The molecular weight excluding hydrogens is 366 g/mol. The standard InChI is InChI=1S/C23H25N3OS/c1-16-4-6-19(7-5-16)14-26-18(3)21(17(2)24-26)8-9-23(27)25-12-10-22-20(15-25)11-13-28-22/h4-9,11,13H,10,12,14-15H2,1-3H3. The summed E-state index contributed by atoms with van der Waals surface area (Å²) in [4.78, 5) is 16.0. The molecule has 28 heavy (non-hydrogen) atoms.